The molecule has 2 rings (SSSR count). The van der Waals surface area contributed by atoms with Gasteiger partial charge in [0.25, 0.3) is 0 Å². The maximum Gasteiger partial charge on any atom is 0.122 e. The predicted molar refractivity (Wildman–Crippen MR) is 89.1 cm³/mol. The van der Waals surface area contributed by atoms with Gasteiger partial charge in [-0.3, -0.25) is 4.90 Å². The van der Waals surface area contributed by atoms with Crippen molar-refractivity contribution in [2.75, 3.05) is 25.0 Å². The average Bonchev–Trinajstić information content (AvgIpc) is 2.93. The van der Waals surface area contributed by atoms with Gasteiger partial charge in [0.05, 0.1) is 6.61 Å². The second-order valence-electron chi connectivity index (χ2n) is 5.49. The summed E-state index contributed by atoms with van der Waals surface area (Å²) in [7, 11) is 0. The van der Waals surface area contributed by atoms with Gasteiger partial charge in [-0.25, -0.2) is 0 Å². The van der Waals surface area contributed by atoms with Crippen molar-refractivity contribution in [3.63, 3.8) is 0 Å². The maximum atomic E-state index is 5.57. The SMILES string of the molecule is CCC(CC)N(CCBr)CCc1ccc2c(c1)CCO2. The molecule has 0 bridgehead atoms. The number of hydrogen-bond donors (Lipinski definition) is 0. The Morgan fingerprint density at radius 3 is 2.75 bits per heavy atom. The molecule has 2 nitrogen and oxygen atoms in total. The van der Waals surface area contributed by atoms with E-state index in [1.165, 1.54) is 24.0 Å². The maximum absolute atomic E-state index is 5.57. The lowest BCUT2D eigenvalue weighted by molar-refractivity contribution is 0.200. The molecule has 0 amide bonds. The third-order valence-corrected chi connectivity index (χ3v) is 4.63. The molecule has 20 heavy (non-hydrogen) atoms. The molecule has 0 saturated heterocycles. The van der Waals surface area contributed by atoms with Gasteiger partial charge >= 0.3 is 0 Å². The number of benzene rings is 1. The summed E-state index contributed by atoms with van der Waals surface area (Å²) in [4.78, 5) is 2.62. The molecule has 1 aromatic rings. The molecule has 0 atom stereocenters. The summed E-state index contributed by atoms with van der Waals surface area (Å²) < 4.78 is 5.57. The highest BCUT2D eigenvalue weighted by Gasteiger charge is 2.15. The molecule has 1 aliphatic heterocycles. The first kappa shape index (κ1) is 15.8. The minimum Gasteiger partial charge on any atom is -0.493 e. The molecule has 3 heteroatoms. The van der Waals surface area contributed by atoms with Gasteiger partial charge < -0.3 is 4.74 Å². The number of fused-ring (bicyclic) bond motifs is 1. The van der Waals surface area contributed by atoms with Crippen LogP contribution in [0.5, 0.6) is 5.75 Å². The van der Waals surface area contributed by atoms with Gasteiger partial charge in [-0.2, -0.15) is 0 Å². The Bertz CT molecular complexity index is 417. The zero-order valence-electron chi connectivity index (χ0n) is 12.7. The van der Waals surface area contributed by atoms with Gasteiger partial charge in [0.15, 0.2) is 0 Å². The Labute approximate surface area is 131 Å². The van der Waals surface area contributed by atoms with Crippen molar-refractivity contribution in [1.82, 2.24) is 4.90 Å². The normalized spacial score (nSPS) is 13.8. The first-order valence-electron chi connectivity index (χ1n) is 7.83. The Kier molecular flexibility index (Phi) is 6.37. The third kappa shape index (κ3) is 3.98. The van der Waals surface area contributed by atoms with Crippen LogP contribution < -0.4 is 4.74 Å². The van der Waals surface area contributed by atoms with Crippen LogP contribution in [0.3, 0.4) is 0 Å². The lowest BCUT2D eigenvalue weighted by Gasteiger charge is -2.29. The standard InChI is InChI=1S/C17H26BrNO/c1-3-16(4-2)19(11-9-18)10-7-14-5-6-17-15(13-14)8-12-20-17/h5-6,13,16H,3-4,7-12H2,1-2H3. The van der Waals surface area contributed by atoms with Crippen molar-refractivity contribution in [1.29, 1.82) is 0 Å². The Balaban J connectivity index is 1.94. The summed E-state index contributed by atoms with van der Waals surface area (Å²) in [6.07, 6.45) is 4.68. The van der Waals surface area contributed by atoms with E-state index in [0.29, 0.717) is 6.04 Å². The van der Waals surface area contributed by atoms with Crippen LogP contribution in [0.15, 0.2) is 18.2 Å². The number of alkyl halides is 1. The fourth-order valence-electron chi connectivity index (χ4n) is 3.06. The monoisotopic (exact) mass is 339 g/mol. The van der Waals surface area contributed by atoms with Gasteiger partial charge in [-0.15, -0.1) is 0 Å². The number of rotatable bonds is 8. The van der Waals surface area contributed by atoms with E-state index in [-0.39, 0.29) is 0 Å². The number of hydrogen-bond acceptors (Lipinski definition) is 2. The van der Waals surface area contributed by atoms with E-state index in [4.69, 9.17) is 4.74 Å². The van der Waals surface area contributed by atoms with Gasteiger partial charge in [0, 0.05) is 30.9 Å². The Morgan fingerprint density at radius 1 is 1.25 bits per heavy atom. The molecular formula is C17H26BrNO. The van der Waals surface area contributed by atoms with Crippen molar-refractivity contribution in [2.45, 2.75) is 45.6 Å². The van der Waals surface area contributed by atoms with Crippen LogP contribution in [0.4, 0.5) is 0 Å². The molecule has 1 aliphatic rings. The molecule has 0 aromatic heterocycles. The van der Waals surface area contributed by atoms with E-state index in [1.807, 2.05) is 0 Å². The van der Waals surface area contributed by atoms with Gasteiger partial charge in [0.2, 0.25) is 0 Å². The fourth-order valence-corrected chi connectivity index (χ4v) is 3.51. The van der Waals surface area contributed by atoms with E-state index < -0.39 is 0 Å². The van der Waals surface area contributed by atoms with Crippen molar-refractivity contribution >= 4 is 15.9 Å². The molecule has 0 N–H and O–H groups in total. The average molecular weight is 340 g/mol. The number of halogens is 1. The molecule has 112 valence electrons. The summed E-state index contributed by atoms with van der Waals surface area (Å²) >= 11 is 3.59. The van der Waals surface area contributed by atoms with Crippen LogP contribution in [0.1, 0.15) is 37.8 Å². The highest BCUT2D eigenvalue weighted by Crippen LogP contribution is 2.26. The first-order chi connectivity index (χ1) is 9.78. The fraction of sp³-hybridized carbons (Fsp3) is 0.647. The smallest absolute Gasteiger partial charge is 0.122 e. The number of nitrogens with zero attached hydrogens (tertiary/aromatic N) is 1. The van der Waals surface area contributed by atoms with Gasteiger partial charge in [0.1, 0.15) is 5.75 Å². The van der Waals surface area contributed by atoms with E-state index in [9.17, 15) is 0 Å². The van der Waals surface area contributed by atoms with Crippen molar-refractivity contribution in [3.05, 3.63) is 29.3 Å². The quantitative estimate of drug-likeness (QED) is 0.662. The summed E-state index contributed by atoms with van der Waals surface area (Å²) in [6.45, 7) is 7.73. The van der Waals surface area contributed by atoms with Crippen LogP contribution in [0.25, 0.3) is 0 Å². The molecule has 0 saturated carbocycles. The van der Waals surface area contributed by atoms with Gasteiger partial charge in [-0.1, -0.05) is 41.9 Å². The highest BCUT2D eigenvalue weighted by atomic mass is 79.9. The summed E-state index contributed by atoms with van der Waals surface area (Å²) in [6, 6.07) is 7.42. The largest absolute Gasteiger partial charge is 0.493 e. The first-order valence-corrected chi connectivity index (χ1v) is 8.95. The van der Waals surface area contributed by atoms with E-state index in [0.717, 1.165) is 43.6 Å². The summed E-state index contributed by atoms with van der Waals surface area (Å²) in [5.41, 5.74) is 2.83. The second kappa shape index (κ2) is 8.04. The van der Waals surface area contributed by atoms with Crippen LogP contribution in [0, 0.1) is 0 Å². The van der Waals surface area contributed by atoms with Crippen LogP contribution in [-0.2, 0) is 12.8 Å². The van der Waals surface area contributed by atoms with Crippen molar-refractivity contribution < 1.29 is 4.74 Å². The third-order valence-electron chi connectivity index (χ3n) is 4.27. The number of ether oxygens (including phenoxy) is 1. The van der Waals surface area contributed by atoms with Gasteiger partial charge in [-0.05, 0) is 36.5 Å². The van der Waals surface area contributed by atoms with E-state index in [1.54, 1.807) is 0 Å². The highest BCUT2D eigenvalue weighted by molar-refractivity contribution is 9.09. The van der Waals surface area contributed by atoms with E-state index in [2.05, 4.69) is 52.9 Å². The van der Waals surface area contributed by atoms with Crippen molar-refractivity contribution in [3.8, 4) is 5.75 Å². The molecule has 0 aliphatic carbocycles. The van der Waals surface area contributed by atoms with Crippen LogP contribution >= 0.6 is 15.9 Å². The zero-order chi connectivity index (χ0) is 14.4. The van der Waals surface area contributed by atoms with E-state index >= 15 is 0 Å². The minimum absolute atomic E-state index is 0.713. The summed E-state index contributed by atoms with van der Waals surface area (Å²) in [5.74, 6) is 1.09. The van der Waals surface area contributed by atoms with Crippen LogP contribution in [-0.4, -0.2) is 36.0 Å². The topological polar surface area (TPSA) is 12.5 Å². The molecule has 0 spiro atoms. The zero-order valence-corrected chi connectivity index (χ0v) is 14.3. The molecule has 0 radical (unpaired) electrons. The van der Waals surface area contributed by atoms with Crippen molar-refractivity contribution in [2.24, 2.45) is 0 Å². The van der Waals surface area contributed by atoms with Crippen LogP contribution in [0.2, 0.25) is 0 Å². The molecule has 0 fully saturated rings. The molecule has 1 heterocycles. The lowest BCUT2D eigenvalue weighted by Crippen LogP contribution is -2.37. The second-order valence-corrected chi connectivity index (χ2v) is 6.28. The predicted octanol–water partition coefficient (Wildman–Crippen LogP) is 4.05. The molecular weight excluding hydrogens is 314 g/mol. The Morgan fingerprint density at radius 2 is 2.05 bits per heavy atom. The minimum atomic E-state index is 0.713. The molecule has 1 aromatic carbocycles. The lowest BCUT2D eigenvalue weighted by atomic mass is 10.0. The Hall–Kier alpha value is -0.540. The molecule has 0 unspecified atom stereocenters. The summed E-state index contributed by atoms with van der Waals surface area (Å²) in [5, 5.41) is 1.06.